The van der Waals surface area contributed by atoms with Crippen LogP contribution in [0.5, 0.6) is 5.75 Å². The number of ether oxygens (including phenoxy) is 1. The summed E-state index contributed by atoms with van der Waals surface area (Å²) in [6.45, 7) is 2.03. The summed E-state index contributed by atoms with van der Waals surface area (Å²) in [7, 11) is 1.59. The Kier molecular flexibility index (Phi) is 6.53. The number of rotatable bonds is 5. The Morgan fingerprint density at radius 1 is 1.28 bits per heavy atom. The van der Waals surface area contributed by atoms with Gasteiger partial charge in [-0.15, -0.1) is 0 Å². The summed E-state index contributed by atoms with van der Waals surface area (Å²) in [6, 6.07) is 4.11. The van der Waals surface area contributed by atoms with Crippen molar-refractivity contribution in [3.63, 3.8) is 0 Å². The van der Waals surface area contributed by atoms with Crippen molar-refractivity contribution in [2.24, 2.45) is 18.9 Å². The van der Waals surface area contributed by atoms with Crippen LogP contribution in [0.2, 0.25) is 5.02 Å². The first-order valence-corrected chi connectivity index (χ1v) is 13.6. The van der Waals surface area contributed by atoms with Gasteiger partial charge in [0.15, 0.2) is 12.4 Å². The van der Waals surface area contributed by atoms with Gasteiger partial charge in [0, 0.05) is 24.7 Å². The number of aryl methyl sites for hydroxylation is 1. The number of pyridine rings is 1. The van der Waals surface area contributed by atoms with Crippen molar-refractivity contribution in [3.8, 4) is 5.75 Å². The van der Waals surface area contributed by atoms with Crippen LogP contribution in [-0.4, -0.2) is 57.4 Å². The standard InChI is InChI=1S/C27H31ClF2N6O3/c1-14-3-7-17(12-37)36(11-14)26-31-10-19(28)24(34-26)32-16-6-8-20-18(9-16)21-22(25(38)35(20)2)39-13-27(29,30)23(33-21)15-4-5-15/h6,8-10,14-15,17,23,33,37H,3-5,7,11-13H2,1-2H3,(H,31,32,34)/t14?,17?,23-/m0/s1. The molecule has 3 aromatic rings. The fourth-order valence-corrected chi connectivity index (χ4v) is 5.79. The van der Waals surface area contributed by atoms with E-state index in [1.807, 2.05) is 4.90 Å². The zero-order valence-corrected chi connectivity index (χ0v) is 22.5. The number of benzene rings is 1. The van der Waals surface area contributed by atoms with E-state index < -0.39 is 24.1 Å². The maximum atomic E-state index is 14.9. The highest BCUT2D eigenvalue weighted by Crippen LogP contribution is 2.45. The van der Waals surface area contributed by atoms with E-state index >= 15 is 0 Å². The number of piperidine rings is 1. The second kappa shape index (κ2) is 9.78. The Labute approximate surface area is 229 Å². The minimum Gasteiger partial charge on any atom is -0.480 e. The number of aromatic nitrogens is 3. The number of hydrogen-bond donors (Lipinski definition) is 3. The summed E-state index contributed by atoms with van der Waals surface area (Å²) >= 11 is 6.46. The van der Waals surface area contributed by atoms with E-state index in [-0.39, 0.29) is 30.0 Å². The number of alkyl halides is 2. The molecule has 4 heterocycles. The summed E-state index contributed by atoms with van der Waals surface area (Å²) < 4.78 is 36.7. The average Bonchev–Trinajstić information content (AvgIpc) is 3.76. The quantitative estimate of drug-likeness (QED) is 0.418. The van der Waals surface area contributed by atoms with Gasteiger partial charge in [-0.05, 0) is 55.7 Å². The van der Waals surface area contributed by atoms with Gasteiger partial charge in [0.25, 0.3) is 5.56 Å². The van der Waals surface area contributed by atoms with Crippen molar-refractivity contribution in [2.75, 3.05) is 35.3 Å². The van der Waals surface area contributed by atoms with Crippen LogP contribution >= 0.6 is 11.6 Å². The highest BCUT2D eigenvalue weighted by Gasteiger charge is 2.51. The fraction of sp³-hybridized carbons (Fsp3) is 0.519. The highest BCUT2D eigenvalue weighted by molar-refractivity contribution is 6.33. The van der Waals surface area contributed by atoms with Gasteiger partial charge in [-0.25, -0.2) is 13.8 Å². The Morgan fingerprint density at radius 2 is 2.08 bits per heavy atom. The Balaban J connectivity index is 1.39. The third kappa shape index (κ3) is 4.75. The number of nitrogens with one attached hydrogen (secondary N) is 2. The molecule has 3 aliphatic rings. The van der Waals surface area contributed by atoms with Crippen LogP contribution in [-0.2, 0) is 7.05 Å². The molecule has 39 heavy (non-hydrogen) atoms. The van der Waals surface area contributed by atoms with Gasteiger partial charge >= 0.3 is 5.92 Å². The first kappa shape index (κ1) is 26.1. The zero-order valence-electron chi connectivity index (χ0n) is 21.8. The summed E-state index contributed by atoms with van der Waals surface area (Å²) in [4.78, 5) is 24.1. The first-order valence-electron chi connectivity index (χ1n) is 13.3. The Hall–Kier alpha value is -3.18. The minimum absolute atomic E-state index is 0.00589. The molecule has 2 aliphatic heterocycles. The fourth-order valence-electron chi connectivity index (χ4n) is 5.65. The largest absolute Gasteiger partial charge is 0.480 e. The van der Waals surface area contributed by atoms with E-state index in [1.54, 1.807) is 25.2 Å². The number of hydrogen-bond acceptors (Lipinski definition) is 8. The Morgan fingerprint density at radius 3 is 2.82 bits per heavy atom. The van der Waals surface area contributed by atoms with Crippen LogP contribution in [0, 0.1) is 11.8 Å². The Bertz CT molecular complexity index is 1480. The molecular formula is C27H31ClF2N6O3. The number of fused-ring (bicyclic) bond motifs is 3. The van der Waals surface area contributed by atoms with Crippen LogP contribution in [0.1, 0.15) is 32.6 Å². The lowest BCUT2D eigenvalue weighted by atomic mass is 9.95. The van der Waals surface area contributed by atoms with Crippen LogP contribution in [0.25, 0.3) is 10.9 Å². The average molecular weight is 561 g/mol. The van der Waals surface area contributed by atoms with E-state index in [2.05, 4.69) is 27.5 Å². The summed E-state index contributed by atoms with van der Waals surface area (Å²) in [5.41, 5.74) is 0.966. The summed E-state index contributed by atoms with van der Waals surface area (Å²) in [6.07, 6.45) is 4.81. The normalized spacial score (nSPS) is 24.5. The molecule has 1 saturated carbocycles. The molecule has 1 saturated heterocycles. The lowest BCUT2D eigenvalue weighted by Crippen LogP contribution is -2.45. The molecule has 2 fully saturated rings. The second-order valence-corrected chi connectivity index (χ2v) is 11.4. The topological polar surface area (TPSA) is 105 Å². The lowest BCUT2D eigenvalue weighted by molar-refractivity contribution is -0.0579. The number of anilines is 4. The molecule has 2 unspecified atom stereocenters. The van der Waals surface area contributed by atoms with Gasteiger partial charge in [0.1, 0.15) is 5.02 Å². The molecule has 208 valence electrons. The first-order chi connectivity index (χ1) is 18.7. The van der Waals surface area contributed by atoms with Crippen molar-refractivity contribution >= 4 is 45.6 Å². The maximum Gasteiger partial charge on any atom is 0.301 e. The van der Waals surface area contributed by atoms with Crippen molar-refractivity contribution in [1.82, 2.24) is 14.5 Å². The van der Waals surface area contributed by atoms with Crippen LogP contribution in [0.3, 0.4) is 0 Å². The molecule has 9 nitrogen and oxygen atoms in total. The molecule has 3 N–H and O–H groups in total. The summed E-state index contributed by atoms with van der Waals surface area (Å²) in [5.74, 6) is -2.12. The molecule has 0 bridgehead atoms. The molecule has 2 aromatic heterocycles. The number of aliphatic hydroxyl groups is 1. The van der Waals surface area contributed by atoms with Gasteiger partial charge in [0.2, 0.25) is 11.7 Å². The third-order valence-electron chi connectivity index (χ3n) is 8.01. The van der Waals surface area contributed by atoms with Gasteiger partial charge in [-0.1, -0.05) is 18.5 Å². The van der Waals surface area contributed by atoms with Crippen molar-refractivity contribution < 1.29 is 18.6 Å². The van der Waals surface area contributed by atoms with Crippen molar-refractivity contribution in [2.45, 2.75) is 50.6 Å². The van der Waals surface area contributed by atoms with Crippen LogP contribution in [0.4, 0.5) is 31.9 Å². The smallest absolute Gasteiger partial charge is 0.301 e. The predicted molar refractivity (Wildman–Crippen MR) is 147 cm³/mol. The highest BCUT2D eigenvalue weighted by atomic mass is 35.5. The molecule has 12 heteroatoms. The minimum atomic E-state index is -3.11. The van der Waals surface area contributed by atoms with E-state index in [1.165, 1.54) is 10.8 Å². The monoisotopic (exact) mass is 560 g/mol. The van der Waals surface area contributed by atoms with Gasteiger partial charge in [-0.2, -0.15) is 4.98 Å². The maximum absolute atomic E-state index is 14.9. The van der Waals surface area contributed by atoms with Gasteiger partial charge in [0.05, 0.1) is 36.1 Å². The molecular weight excluding hydrogens is 530 g/mol. The number of halogens is 3. The molecule has 6 rings (SSSR count). The SMILES string of the molecule is CC1CCC(CO)N(c2ncc(Cl)c(Nc3ccc4c(c3)c3c(c(=O)n4C)OCC(F)(F)[C@H](C4CC4)N3)n2)C1. The van der Waals surface area contributed by atoms with Crippen molar-refractivity contribution in [1.29, 1.82) is 0 Å². The number of aliphatic hydroxyl groups excluding tert-OH is 1. The molecule has 0 amide bonds. The summed E-state index contributed by atoms with van der Waals surface area (Å²) in [5, 5.41) is 17.0. The predicted octanol–water partition coefficient (Wildman–Crippen LogP) is 4.54. The number of nitrogens with zero attached hydrogens (tertiary/aromatic N) is 4. The molecule has 0 radical (unpaired) electrons. The van der Waals surface area contributed by atoms with Crippen molar-refractivity contribution in [3.05, 3.63) is 39.8 Å². The van der Waals surface area contributed by atoms with E-state index in [0.29, 0.717) is 52.1 Å². The molecule has 3 atom stereocenters. The lowest BCUT2D eigenvalue weighted by Gasteiger charge is -2.37. The van der Waals surface area contributed by atoms with Crippen LogP contribution in [0.15, 0.2) is 29.2 Å². The van der Waals surface area contributed by atoms with E-state index in [4.69, 9.17) is 16.3 Å². The van der Waals surface area contributed by atoms with Gasteiger partial charge < -0.3 is 29.9 Å². The van der Waals surface area contributed by atoms with Crippen LogP contribution < -0.4 is 25.8 Å². The molecule has 1 aliphatic carbocycles. The zero-order chi connectivity index (χ0) is 27.5. The third-order valence-corrected chi connectivity index (χ3v) is 8.29. The van der Waals surface area contributed by atoms with E-state index in [9.17, 15) is 18.7 Å². The molecule has 0 spiro atoms. The van der Waals surface area contributed by atoms with Gasteiger partial charge in [-0.3, -0.25) is 4.79 Å². The molecule has 1 aromatic carbocycles. The second-order valence-electron chi connectivity index (χ2n) is 11.0. The van der Waals surface area contributed by atoms with E-state index in [0.717, 1.165) is 19.4 Å².